The minimum absolute atomic E-state index is 0.0601. The molecule has 210 valence electrons. The van der Waals surface area contributed by atoms with E-state index in [0.29, 0.717) is 15.7 Å². The van der Waals surface area contributed by atoms with Crippen LogP contribution in [0.25, 0.3) is 10.1 Å². The first-order chi connectivity index (χ1) is 18.7. The third-order valence-electron chi connectivity index (χ3n) is 5.61. The van der Waals surface area contributed by atoms with Crippen molar-refractivity contribution in [3.05, 3.63) is 85.6 Å². The van der Waals surface area contributed by atoms with Gasteiger partial charge in [0.05, 0.1) is 35.9 Å². The lowest BCUT2D eigenvalue weighted by Crippen LogP contribution is -2.18. The molecular weight excluding hydrogens is 680 g/mol. The van der Waals surface area contributed by atoms with E-state index < -0.39 is 47.5 Å². The van der Waals surface area contributed by atoms with Crippen LogP contribution in [-0.4, -0.2) is 18.9 Å². The maximum Gasteiger partial charge on any atom is 0.419 e. The summed E-state index contributed by atoms with van der Waals surface area (Å²) < 4.78 is 98.8. The Balaban J connectivity index is 1.71. The Morgan fingerprint density at radius 2 is 1.65 bits per heavy atom. The number of hydrogen-bond acceptors (Lipinski definition) is 4. The molecule has 0 saturated heterocycles. The van der Waals surface area contributed by atoms with Crippen molar-refractivity contribution in [2.24, 2.45) is 0 Å². The lowest BCUT2D eigenvalue weighted by molar-refractivity contribution is -0.140. The molecule has 4 aromatic rings. The second kappa shape index (κ2) is 11.2. The summed E-state index contributed by atoms with van der Waals surface area (Å²) in [6.45, 7) is 0. The lowest BCUT2D eigenvalue weighted by Gasteiger charge is -2.12. The fourth-order valence-corrected chi connectivity index (χ4v) is 5.48. The zero-order valence-electron chi connectivity index (χ0n) is 20.1. The molecule has 0 unspecified atom stereocenters. The first-order valence-electron chi connectivity index (χ1n) is 11.1. The SMILES string of the molecule is COc1ccc(I)cc1C(=O)Nc1c(CC(=O)Nc2ccc(F)c(C(F)(F)F)c2)sc2cc(C(F)(F)F)ccc12. The Labute approximate surface area is 239 Å². The molecule has 14 heteroatoms. The van der Waals surface area contributed by atoms with Gasteiger partial charge < -0.3 is 15.4 Å². The van der Waals surface area contributed by atoms with Crippen molar-refractivity contribution >= 4 is 67.2 Å². The summed E-state index contributed by atoms with van der Waals surface area (Å²) >= 11 is 2.79. The normalized spacial score (nSPS) is 11.9. The van der Waals surface area contributed by atoms with E-state index in [1.807, 2.05) is 22.6 Å². The molecule has 0 bridgehead atoms. The number of thiophene rings is 1. The van der Waals surface area contributed by atoms with E-state index >= 15 is 0 Å². The quantitative estimate of drug-likeness (QED) is 0.158. The molecule has 2 N–H and O–H groups in total. The van der Waals surface area contributed by atoms with Crippen molar-refractivity contribution in [2.75, 3.05) is 17.7 Å². The zero-order valence-corrected chi connectivity index (χ0v) is 23.0. The molecular formula is C26H16F7IN2O3S. The molecule has 0 saturated carbocycles. The number of amides is 2. The standard InChI is InChI=1S/C26H16F7IN2O3S/c1-39-19-7-3-13(34)9-16(19)24(38)36-23-15-5-2-12(25(28,29)30)8-20(15)40-21(23)11-22(37)35-14-4-6-18(27)17(10-14)26(31,32)33/h2-10H,11H2,1H3,(H,35,37)(H,36,38). The number of methoxy groups -OCH3 is 1. The van der Waals surface area contributed by atoms with Crippen molar-refractivity contribution in [1.82, 2.24) is 0 Å². The Hall–Kier alpha value is -3.40. The summed E-state index contributed by atoms with van der Waals surface area (Å²) in [5.74, 6) is -2.80. The van der Waals surface area contributed by atoms with E-state index in [2.05, 4.69) is 10.6 Å². The van der Waals surface area contributed by atoms with Crippen molar-refractivity contribution < 1.29 is 45.1 Å². The van der Waals surface area contributed by atoms with Crippen molar-refractivity contribution in [1.29, 1.82) is 0 Å². The summed E-state index contributed by atoms with van der Waals surface area (Å²) in [6, 6.07) is 9.58. The molecule has 4 rings (SSSR count). The van der Waals surface area contributed by atoms with E-state index in [0.717, 1.165) is 35.6 Å². The molecule has 5 nitrogen and oxygen atoms in total. The van der Waals surface area contributed by atoms with Gasteiger partial charge in [0.15, 0.2) is 0 Å². The van der Waals surface area contributed by atoms with E-state index in [9.17, 15) is 40.3 Å². The summed E-state index contributed by atoms with van der Waals surface area (Å²) in [5.41, 5.74) is -2.67. The fourth-order valence-electron chi connectivity index (χ4n) is 3.79. The number of rotatable bonds is 6. The highest BCUT2D eigenvalue weighted by molar-refractivity contribution is 14.1. The van der Waals surface area contributed by atoms with Crippen LogP contribution in [0.5, 0.6) is 5.75 Å². The van der Waals surface area contributed by atoms with Crippen LogP contribution in [0, 0.1) is 9.39 Å². The highest BCUT2D eigenvalue weighted by atomic mass is 127. The van der Waals surface area contributed by atoms with Crippen molar-refractivity contribution in [2.45, 2.75) is 18.8 Å². The Bertz CT molecular complexity index is 1620. The van der Waals surface area contributed by atoms with Gasteiger partial charge >= 0.3 is 12.4 Å². The maximum absolute atomic E-state index is 13.6. The Morgan fingerprint density at radius 1 is 0.925 bits per heavy atom. The zero-order chi connectivity index (χ0) is 29.4. The third kappa shape index (κ3) is 6.49. The largest absolute Gasteiger partial charge is 0.496 e. The maximum atomic E-state index is 13.6. The van der Waals surface area contributed by atoms with Gasteiger partial charge in [-0.3, -0.25) is 9.59 Å². The number of carbonyl (C=O) groups is 2. The predicted molar refractivity (Wildman–Crippen MR) is 144 cm³/mol. The summed E-state index contributed by atoms with van der Waals surface area (Å²) in [7, 11) is 1.35. The number of nitrogens with one attached hydrogen (secondary N) is 2. The Morgan fingerprint density at radius 3 is 2.30 bits per heavy atom. The molecule has 1 aromatic heterocycles. The number of ether oxygens (including phenoxy) is 1. The lowest BCUT2D eigenvalue weighted by atomic mass is 10.1. The molecule has 0 aliphatic carbocycles. The number of halogens is 8. The monoisotopic (exact) mass is 696 g/mol. The van der Waals surface area contributed by atoms with E-state index in [4.69, 9.17) is 4.74 Å². The molecule has 0 aliphatic rings. The van der Waals surface area contributed by atoms with Gasteiger partial charge in [0.25, 0.3) is 5.91 Å². The summed E-state index contributed by atoms with van der Waals surface area (Å²) in [4.78, 5) is 26.1. The van der Waals surface area contributed by atoms with Crippen LogP contribution in [0.15, 0.2) is 54.6 Å². The van der Waals surface area contributed by atoms with Crippen LogP contribution in [-0.2, 0) is 23.6 Å². The van der Waals surface area contributed by atoms with Crippen molar-refractivity contribution in [3.63, 3.8) is 0 Å². The van der Waals surface area contributed by atoms with Gasteiger partial charge in [-0.2, -0.15) is 26.3 Å². The van der Waals surface area contributed by atoms with Crippen LogP contribution >= 0.6 is 33.9 Å². The molecule has 0 aliphatic heterocycles. The highest BCUT2D eigenvalue weighted by Gasteiger charge is 2.34. The number of benzene rings is 3. The van der Waals surface area contributed by atoms with Gasteiger partial charge in [-0.1, -0.05) is 6.07 Å². The minimum Gasteiger partial charge on any atom is -0.496 e. The molecule has 40 heavy (non-hydrogen) atoms. The second-order valence-electron chi connectivity index (χ2n) is 8.33. The highest BCUT2D eigenvalue weighted by Crippen LogP contribution is 2.41. The topological polar surface area (TPSA) is 67.4 Å². The Kier molecular flexibility index (Phi) is 8.31. The second-order valence-corrected chi connectivity index (χ2v) is 10.7. The van der Waals surface area contributed by atoms with Gasteiger partial charge in [0.2, 0.25) is 5.91 Å². The molecule has 1 heterocycles. The molecule has 0 fully saturated rings. The van der Waals surface area contributed by atoms with Crippen LogP contribution in [0.3, 0.4) is 0 Å². The fraction of sp³-hybridized carbons (Fsp3) is 0.154. The average molecular weight is 696 g/mol. The molecule has 2 amide bonds. The van der Waals surface area contributed by atoms with Crippen LogP contribution in [0.1, 0.15) is 26.4 Å². The molecule has 3 aromatic carbocycles. The van der Waals surface area contributed by atoms with Gasteiger partial charge in [0, 0.05) is 24.2 Å². The van der Waals surface area contributed by atoms with E-state index in [1.165, 1.54) is 13.2 Å². The van der Waals surface area contributed by atoms with Crippen LogP contribution in [0.4, 0.5) is 42.1 Å². The molecule has 0 atom stereocenters. The van der Waals surface area contributed by atoms with Crippen molar-refractivity contribution in [3.8, 4) is 5.75 Å². The molecule has 0 spiro atoms. The van der Waals surface area contributed by atoms with Gasteiger partial charge in [-0.05, 0) is 71.1 Å². The summed E-state index contributed by atoms with van der Waals surface area (Å²) in [6.07, 6.45) is -10.2. The molecule has 0 radical (unpaired) electrons. The number of anilines is 2. The smallest absolute Gasteiger partial charge is 0.419 e. The average Bonchev–Trinajstić information content (AvgIpc) is 3.19. The predicted octanol–water partition coefficient (Wildman–Crippen LogP) is 8.12. The van der Waals surface area contributed by atoms with Crippen LogP contribution in [0.2, 0.25) is 0 Å². The third-order valence-corrected chi connectivity index (χ3v) is 7.44. The first-order valence-corrected chi connectivity index (χ1v) is 13.0. The summed E-state index contributed by atoms with van der Waals surface area (Å²) in [5, 5.41) is 5.10. The first kappa shape index (κ1) is 29.6. The number of hydrogen-bond donors (Lipinski definition) is 2. The van der Waals surface area contributed by atoms with E-state index in [-0.39, 0.29) is 37.7 Å². The number of carbonyl (C=O) groups excluding carboxylic acids is 2. The van der Waals surface area contributed by atoms with E-state index in [1.54, 1.807) is 12.1 Å². The number of fused-ring (bicyclic) bond motifs is 1. The number of alkyl halides is 6. The minimum atomic E-state index is -5.00. The van der Waals surface area contributed by atoms with Gasteiger partial charge in [-0.25, -0.2) is 4.39 Å². The van der Waals surface area contributed by atoms with Crippen LogP contribution < -0.4 is 15.4 Å². The van der Waals surface area contributed by atoms with Gasteiger partial charge in [-0.15, -0.1) is 11.3 Å². The van der Waals surface area contributed by atoms with Gasteiger partial charge in [0.1, 0.15) is 11.6 Å².